The van der Waals surface area contributed by atoms with E-state index < -0.39 is 0 Å². The summed E-state index contributed by atoms with van der Waals surface area (Å²) in [7, 11) is 1.80. The average molecular weight is 326 g/mol. The summed E-state index contributed by atoms with van der Waals surface area (Å²) in [6, 6.07) is 8.92. The van der Waals surface area contributed by atoms with Gasteiger partial charge in [-0.05, 0) is 25.1 Å². The molecule has 0 aliphatic carbocycles. The molecule has 23 heavy (non-hydrogen) atoms. The first kappa shape index (κ1) is 15.1. The summed E-state index contributed by atoms with van der Waals surface area (Å²) >= 11 is 1.25. The second kappa shape index (κ2) is 6.13. The Morgan fingerprint density at radius 3 is 2.74 bits per heavy atom. The van der Waals surface area contributed by atoms with Crippen molar-refractivity contribution in [3.8, 4) is 11.4 Å². The molecule has 2 heterocycles. The zero-order valence-corrected chi connectivity index (χ0v) is 13.4. The average Bonchev–Trinajstić information content (AvgIpc) is 3.16. The monoisotopic (exact) mass is 326 g/mol. The maximum atomic E-state index is 12.3. The van der Waals surface area contributed by atoms with Crippen molar-refractivity contribution in [2.24, 2.45) is 7.05 Å². The van der Waals surface area contributed by atoms with E-state index in [0.29, 0.717) is 22.0 Å². The third-order valence-electron chi connectivity index (χ3n) is 3.21. The number of Topliss-reactive ketones (excluding diaryl/α,β-unsaturated/α-hetero) is 1. The van der Waals surface area contributed by atoms with Crippen LogP contribution in [0.4, 0.5) is 5.69 Å². The van der Waals surface area contributed by atoms with E-state index in [1.807, 2.05) is 18.2 Å². The van der Waals surface area contributed by atoms with Crippen molar-refractivity contribution >= 4 is 28.7 Å². The minimum Gasteiger partial charge on any atom is -0.321 e. The van der Waals surface area contributed by atoms with Crippen LogP contribution in [0.3, 0.4) is 0 Å². The Labute approximate surface area is 136 Å². The molecule has 0 atom stereocenters. The maximum Gasteiger partial charge on any atom is 0.265 e. The fourth-order valence-electron chi connectivity index (χ4n) is 2.04. The highest BCUT2D eigenvalue weighted by Crippen LogP contribution is 2.21. The second-order valence-electron chi connectivity index (χ2n) is 5.03. The van der Waals surface area contributed by atoms with E-state index in [0.717, 1.165) is 5.56 Å². The van der Waals surface area contributed by atoms with Gasteiger partial charge in [0.05, 0.1) is 4.88 Å². The van der Waals surface area contributed by atoms with Crippen molar-refractivity contribution in [3.05, 3.63) is 52.5 Å². The molecule has 0 radical (unpaired) electrons. The predicted octanol–water partition coefficient (Wildman–Crippen LogP) is 3.00. The standard InChI is InChI=1S/C16H14N4O2S/c1-10(21)12-7-14(23-8-12)16(22)18-13-5-3-4-11(6-13)15-17-9-20(2)19-15/h3-9H,1-2H3,(H,18,22). The normalized spacial score (nSPS) is 10.5. The Balaban J connectivity index is 1.79. The lowest BCUT2D eigenvalue weighted by molar-refractivity contribution is 0.101. The van der Waals surface area contributed by atoms with Crippen LogP contribution in [-0.2, 0) is 7.05 Å². The van der Waals surface area contributed by atoms with Gasteiger partial charge in [0.25, 0.3) is 5.91 Å². The molecule has 0 aliphatic rings. The Morgan fingerprint density at radius 2 is 2.09 bits per heavy atom. The van der Waals surface area contributed by atoms with Gasteiger partial charge in [0.15, 0.2) is 11.6 Å². The van der Waals surface area contributed by atoms with Crippen molar-refractivity contribution in [2.45, 2.75) is 6.92 Å². The van der Waals surface area contributed by atoms with E-state index in [1.165, 1.54) is 18.3 Å². The minimum absolute atomic E-state index is 0.0523. The molecule has 6 nitrogen and oxygen atoms in total. The number of rotatable bonds is 4. The molecule has 116 valence electrons. The first-order chi connectivity index (χ1) is 11.0. The van der Waals surface area contributed by atoms with Crippen LogP contribution in [-0.4, -0.2) is 26.5 Å². The lowest BCUT2D eigenvalue weighted by atomic mass is 10.2. The number of thiophene rings is 1. The molecule has 1 N–H and O–H groups in total. The number of aryl methyl sites for hydroxylation is 1. The van der Waals surface area contributed by atoms with Crippen molar-refractivity contribution in [1.29, 1.82) is 0 Å². The summed E-state index contributed by atoms with van der Waals surface area (Å²) in [4.78, 5) is 28.2. The smallest absolute Gasteiger partial charge is 0.265 e. The lowest BCUT2D eigenvalue weighted by Gasteiger charge is -2.05. The van der Waals surface area contributed by atoms with Crippen LogP contribution in [0.2, 0.25) is 0 Å². The van der Waals surface area contributed by atoms with Crippen LogP contribution in [0.1, 0.15) is 27.0 Å². The summed E-state index contributed by atoms with van der Waals surface area (Å²) in [5, 5.41) is 8.75. The summed E-state index contributed by atoms with van der Waals surface area (Å²) < 4.78 is 1.62. The molecule has 0 unspecified atom stereocenters. The van der Waals surface area contributed by atoms with Gasteiger partial charge in [-0.25, -0.2) is 4.98 Å². The van der Waals surface area contributed by atoms with Crippen LogP contribution in [0.5, 0.6) is 0 Å². The number of benzene rings is 1. The van der Waals surface area contributed by atoms with Gasteiger partial charge in [0, 0.05) is 29.2 Å². The van der Waals surface area contributed by atoms with Gasteiger partial charge in [-0.3, -0.25) is 14.3 Å². The van der Waals surface area contributed by atoms with Gasteiger partial charge in [0.1, 0.15) is 6.33 Å². The molecular weight excluding hydrogens is 312 g/mol. The Hall–Kier alpha value is -2.80. The Morgan fingerprint density at radius 1 is 1.26 bits per heavy atom. The molecule has 0 saturated heterocycles. The van der Waals surface area contributed by atoms with E-state index in [1.54, 1.807) is 35.6 Å². The number of hydrogen-bond acceptors (Lipinski definition) is 5. The number of hydrogen-bond donors (Lipinski definition) is 1. The number of carbonyl (C=O) groups is 2. The fourth-order valence-corrected chi connectivity index (χ4v) is 2.88. The van der Waals surface area contributed by atoms with Crippen LogP contribution >= 0.6 is 11.3 Å². The third kappa shape index (κ3) is 3.35. The number of aromatic nitrogens is 3. The summed E-state index contributed by atoms with van der Waals surface area (Å²) in [5.41, 5.74) is 2.02. The largest absolute Gasteiger partial charge is 0.321 e. The molecule has 0 aliphatic heterocycles. The SMILES string of the molecule is CC(=O)c1csc(C(=O)Nc2cccc(-c3ncn(C)n3)c2)c1. The van der Waals surface area contributed by atoms with E-state index in [2.05, 4.69) is 15.4 Å². The molecular formula is C16H14N4O2S. The lowest BCUT2D eigenvalue weighted by Crippen LogP contribution is -2.10. The summed E-state index contributed by atoms with van der Waals surface area (Å²) in [6.07, 6.45) is 1.62. The van der Waals surface area contributed by atoms with Gasteiger partial charge >= 0.3 is 0 Å². The Kier molecular flexibility index (Phi) is 4.03. The van der Waals surface area contributed by atoms with E-state index in [-0.39, 0.29) is 11.7 Å². The summed E-state index contributed by atoms with van der Waals surface area (Å²) in [6.45, 7) is 1.48. The van der Waals surface area contributed by atoms with Crippen LogP contribution in [0.15, 0.2) is 42.0 Å². The van der Waals surface area contributed by atoms with Gasteiger partial charge in [-0.2, -0.15) is 5.10 Å². The van der Waals surface area contributed by atoms with E-state index in [9.17, 15) is 9.59 Å². The van der Waals surface area contributed by atoms with E-state index in [4.69, 9.17) is 0 Å². The molecule has 1 amide bonds. The van der Waals surface area contributed by atoms with Crippen LogP contribution in [0.25, 0.3) is 11.4 Å². The predicted molar refractivity (Wildman–Crippen MR) is 88.7 cm³/mol. The zero-order valence-electron chi connectivity index (χ0n) is 12.6. The first-order valence-corrected chi connectivity index (χ1v) is 7.78. The quantitative estimate of drug-likeness (QED) is 0.748. The summed E-state index contributed by atoms with van der Waals surface area (Å²) in [5.74, 6) is 0.302. The molecule has 7 heteroatoms. The number of nitrogens with zero attached hydrogens (tertiary/aromatic N) is 3. The van der Waals surface area contributed by atoms with E-state index >= 15 is 0 Å². The zero-order chi connectivity index (χ0) is 16.4. The number of amides is 1. The number of carbonyl (C=O) groups excluding carboxylic acids is 2. The number of nitrogens with one attached hydrogen (secondary N) is 1. The Bertz CT molecular complexity index is 882. The molecule has 3 aromatic rings. The third-order valence-corrected chi connectivity index (χ3v) is 4.14. The first-order valence-electron chi connectivity index (χ1n) is 6.90. The number of ketones is 1. The fraction of sp³-hybridized carbons (Fsp3) is 0.125. The number of anilines is 1. The highest BCUT2D eigenvalue weighted by atomic mass is 32.1. The van der Waals surface area contributed by atoms with Crippen molar-refractivity contribution in [1.82, 2.24) is 14.8 Å². The maximum absolute atomic E-state index is 12.3. The van der Waals surface area contributed by atoms with Gasteiger partial charge in [-0.1, -0.05) is 12.1 Å². The van der Waals surface area contributed by atoms with Crippen molar-refractivity contribution in [2.75, 3.05) is 5.32 Å². The minimum atomic E-state index is -0.242. The molecule has 0 saturated carbocycles. The molecule has 1 aromatic carbocycles. The molecule has 0 bridgehead atoms. The van der Waals surface area contributed by atoms with Crippen LogP contribution < -0.4 is 5.32 Å². The van der Waals surface area contributed by atoms with Crippen molar-refractivity contribution < 1.29 is 9.59 Å². The van der Waals surface area contributed by atoms with Gasteiger partial charge in [-0.15, -0.1) is 11.3 Å². The van der Waals surface area contributed by atoms with Crippen molar-refractivity contribution in [3.63, 3.8) is 0 Å². The molecule has 3 rings (SSSR count). The van der Waals surface area contributed by atoms with Gasteiger partial charge in [0.2, 0.25) is 0 Å². The topological polar surface area (TPSA) is 76.9 Å². The highest BCUT2D eigenvalue weighted by Gasteiger charge is 2.12. The molecule has 0 fully saturated rings. The van der Waals surface area contributed by atoms with Gasteiger partial charge < -0.3 is 5.32 Å². The second-order valence-corrected chi connectivity index (χ2v) is 5.94. The highest BCUT2D eigenvalue weighted by molar-refractivity contribution is 7.12. The van der Waals surface area contributed by atoms with Crippen LogP contribution in [0, 0.1) is 0 Å². The molecule has 2 aromatic heterocycles. The molecule has 0 spiro atoms.